The second-order valence-electron chi connectivity index (χ2n) is 15.5. The molecule has 52 heavy (non-hydrogen) atoms. The van der Waals surface area contributed by atoms with Crippen molar-refractivity contribution in [2.24, 2.45) is 5.41 Å². The van der Waals surface area contributed by atoms with Crippen LogP contribution in [0.25, 0.3) is 32.9 Å². The number of rotatable bonds is 8. The van der Waals surface area contributed by atoms with Gasteiger partial charge in [-0.05, 0) is 80.0 Å². The lowest BCUT2D eigenvalue weighted by atomic mass is 9.72. The van der Waals surface area contributed by atoms with E-state index in [-0.39, 0.29) is 28.5 Å². The summed E-state index contributed by atoms with van der Waals surface area (Å²) < 4.78 is 48.3. The number of halogens is 3. The molecule has 3 saturated heterocycles. The van der Waals surface area contributed by atoms with E-state index in [2.05, 4.69) is 56.6 Å². The molecular formula is C39H43F3N8O2. The van der Waals surface area contributed by atoms with Gasteiger partial charge in [-0.2, -0.15) is 23.3 Å². The smallest absolute Gasteiger partial charge is 0.422 e. The summed E-state index contributed by atoms with van der Waals surface area (Å²) in [6.07, 6.45) is 6.67. The summed E-state index contributed by atoms with van der Waals surface area (Å²) in [4.78, 5) is 31.3. The van der Waals surface area contributed by atoms with Crippen LogP contribution in [0, 0.1) is 12.3 Å². The topological polar surface area (TPSA) is 93.7 Å². The fourth-order valence-corrected chi connectivity index (χ4v) is 9.09. The number of fused-ring (bicyclic) bond motifs is 2. The van der Waals surface area contributed by atoms with Crippen molar-refractivity contribution in [1.82, 2.24) is 30.0 Å². The quantitative estimate of drug-likeness (QED) is 0.167. The predicted octanol–water partition coefficient (Wildman–Crippen LogP) is 6.37. The number of nitrogens with one attached hydrogen (secondary N) is 1. The van der Waals surface area contributed by atoms with Crippen molar-refractivity contribution in [1.29, 1.82) is 0 Å². The van der Waals surface area contributed by atoms with E-state index in [1.807, 2.05) is 24.0 Å². The van der Waals surface area contributed by atoms with Gasteiger partial charge in [0.05, 0.1) is 17.3 Å². The number of benzene rings is 2. The molecule has 0 radical (unpaired) electrons. The third kappa shape index (κ3) is 5.41. The van der Waals surface area contributed by atoms with Crippen molar-refractivity contribution >= 4 is 39.5 Å². The maximum absolute atomic E-state index is 14.1. The molecule has 9 rings (SSSR count). The van der Waals surface area contributed by atoms with E-state index < -0.39 is 12.8 Å². The SMILES string of the molecule is C=CC(=O)N1CC2(CCN(c3nc(N4CC5(C=CCN5CC)C4)nc4c(OCC(F)(F)F)c(-c5c(C)ccc6[nH]ncc56)c(C5CC5)cc34)CC2)C1. The molecule has 2 spiro atoms. The Bertz CT molecular complexity index is 2120. The first-order chi connectivity index (χ1) is 25.0. The summed E-state index contributed by atoms with van der Waals surface area (Å²) >= 11 is 0. The summed E-state index contributed by atoms with van der Waals surface area (Å²) in [5.74, 6) is 1.51. The lowest BCUT2D eigenvalue weighted by molar-refractivity contribution is -0.153. The molecule has 4 fully saturated rings. The molecular weight excluding hydrogens is 669 g/mol. The van der Waals surface area contributed by atoms with Gasteiger partial charge < -0.3 is 19.4 Å². The van der Waals surface area contributed by atoms with E-state index in [9.17, 15) is 18.0 Å². The molecule has 6 heterocycles. The van der Waals surface area contributed by atoms with Gasteiger partial charge >= 0.3 is 6.18 Å². The molecule has 13 heteroatoms. The van der Waals surface area contributed by atoms with Gasteiger partial charge in [0.15, 0.2) is 12.4 Å². The van der Waals surface area contributed by atoms with Crippen LogP contribution in [0.2, 0.25) is 0 Å². The fraction of sp³-hybridized carbons (Fsp3) is 0.487. The van der Waals surface area contributed by atoms with Gasteiger partial charge in [-0.1, -0.05) is 31.7 Å². The average molecular weight is 713 g/mol. The monoisotopic (exact) mass is 712 g/mol. The fourth-order valence-electron chi connectivity index (χ4n) is 9.09. The molecule has 1 amide bonds. The lowest BCUT2D eigenvalue weighted by Crippen LogP contribution is -2.68. The van der Waals surface area contributed by atoms with E-state index >= 15 is 0 Å². The van der Waals surface area contributed by atoms with Gasteiger partial charge in [0.2, 0.25) is 11.9 Å². The predicted molar refractivity (Wildman–Crippen MR) is 195 cm³/mol. The number of nitrogens with zero attached hydrogens (tertiary/aromatic N) is 7. The second-order valence-corrected chi connectivity index (χ2v) is 15.5. The van der Waals surface area contributed by atoms with Crippen LogP contribution >= 0.6 is 0 Å². The first-order valence-corrected chi connectivity index (χ1v) is 18.4. The van der Waals surface area contributed by atoms with Crippen LogP contribution in [0.4, 0.5) is 24.9 Å². The zero-order valence-corrected chi connectivity index (χ0v) is 29.6. The Hall–Kier alpha value is -4.65. The highest BCUT2D eigenvalue weighted by molar-refractivity contribution is 6.06. The number of hydrogen-bond acceptors (Lipinski definition) is 8. The molecule has 2 aromatic heterocycles. The van der Waals surface area contributed by atoms with E-state index in [1.54, 1.807) is 6.20 Å². The number of aryl methyl sites for hydroxylation is 1. The maximum atomic E-state index is 14.1. The maximum Gasteiger partial charge on any atom is 0.422 e. The third-order valence-electron chi connectivity index (χ3n) is 12.1. The Labute approximate surface area is 300 Å². The number of hydrogen-bond donors (Lipinski definition) is 1. The Kier molecular flexibility index (Phi) is 7.62. The van der Waals surface area contributed by atoms with Gasteiger partial charge in [-0.3, -0.25) is 14.8 Å². The average Bonchev–Trinajstić information content (AvgIpc) is 3.67. The van der Waals surface area contributed by atoms with Crippen LogP contribution in [0.15, 0.2) is 49.2 Å². The minimum Gasteiger partial charge on any atom is -0.481 e. The Morgan fingerprint density at radius 3 is 2.54 bits per heavy atom. The minimum absolute atomic E-state index is 0.0401. The van der Waals surface area contributed by atoms with E-state index in [0.717, 1.165) is 72.2 Å². The summed E-state index contributed by atoms with van der Waals surface area (Å²) in [6, 6.07) is 6.06. The number of anilines is 2. The summed E-state index contributed by atoms with van der Waals surface area (Å²) in [5.41, 5.74) is 4.50. The molecule has 10 nitrogen and oxygen atoms in total. The van der Waals surface area contributed by atoms with Crippen LogP contribution in [-0.4, -0.2) is 107 Å². The minimum atomic E-state index is -4.55. The molecule has 2 aromatic carbocycles. The molecule has 1 aliphatic carbocycles. The Morgan fingerprint density at radius 2 is 1.85 bits per heavy atom. The number of carbonyl (C=O) groups excluding carboxylic acids is 1. The van der Waals surface area contributed by atoms with Crippen molar-refractivity contribution in [3.05, 3.63) is 60.3 Å². The molecule has 1 saturated carbocycles. The molecule has 0 bridgehead atoms. The van der Waals surface area contributed by atoms with Crippen LogP contribution in [0.5, 0.6) is 5.75 Å². The number of piperidine rings is 1. The van der Waals surface area contributed by atoms with Crippen LogP contribution < -0.4 is 14.5 Å². The molecule has 5 aliphatic rings. The molecule has 0 unspecified atom stereocenters. The van der Waals surface area contributed by atoms with Crippen LogP contribution in [0.1, 0.15) is 49.7 Å². The number of aromatic amines is 1. The van der Waals surface area contributed by atoms with Crippen molar-refractivity contribution in [2.45, 2.75) is 57.2 Å². The summed E-state index contributed by atoms with van der Waals surface area (Å²) in [7, 11) is 0. The molecule has 4 aromatic rings. The van der Waals surface area contributed by atoms with Gasteiger partial charge in [-0.25, -0.2) is 4.98 Å². The number of H-pyrrole nitrogens is 1. The number of amides is 1. The lowest BCUT2D eigenvalue weighted by Gasteiger charge is -2.54. The molecule has 1 N–H and O–H groups in total. The van der Waals surface area contributed by atoms with Crippen molar-refractivity contribution in [3.8, 4) is 16.9 Å². The Balaban J connectivity index is 1.21. The van der Waals surface area contributed by atoms with Crippen LogP contribution in [0.3, 0.4) is 0 Å². The highest BCUT2D eigenvalue weighted by Gasteiger charge is 2.49. The standard InChI is InChI=1S/C39H43F3N8O2/c1-4-30(51)48-19-37(20-48)12-15-47(16-13-37)35-27-17-26(25-8-9-25)32(31-24(3)7-10-29-28(31)18-43-46-29)34(52-23-39(40,41)42)33(27)44-36(45-35)49-21-38(22-49)11-6-14-50(38)5-2/h4,6-7,10-11,17-18,25H,1,5,8-9,12-16,19-23H2,2-3H3,(H,43,46). The first kappa shape index (κ1) is 33.2. The number of likely N-dealkylation sites (N-methyl/N-ethyl adjacent to an activating group) is 1. The second kappa shape index (κ2) is 11.9. The highest BCUT2D eigenvalue weighted by Crippen LogP contribution is 2.53. The van der Waals surface area contributed by atoms with E-state index in [0.29, 0.717) is 61.7 Å². The zero-order valence-electron chi connectivity index (χ0n) is 29.6. The number of carbonyl (C=O) groups is 1. The van der Waals surface area contributed by atoms with Gasteiger partial charge in [0, 0.05) is 67.6 Å². The van der Waals surface area contributed by atoms with Crippen molar-refractivity contribution in [3.63, 3.8) is 0 Å². The zero-order chi connectivity index (χ0) is 36.0. The molecule has 0 atom stereocenters. The van der Waals surface area contributed by atoms with Crippen molar-refractivity contribution in [2.75, 3.05) is 68.8 Å². The summed E-state index contributed by atoms with van der Waals surface area (Å²) in [5, 5.41) is 8.88. The van der Waals surface area contributed by atoms with Gasteiger partial charge in [0.1, 0.15) is 11.3 Å². The Morgan fingerprint density at radius 1 is 1.08 bits per heavy atom. The van der Waals surface area contributed by atoms with E-state index in [1.165, 1.54) is 6.08 Å². The third-order valence-corrected chi connectivity index (χ3v) is 12.1. The normalized spacial score (nSPS) is 21.0. The number of ether oxygens (including phenoxy) is 1. The molecule has 272 valence electrons. The highest BCUT2D eigenvalue weighted by atomic mass is 19.4. The summed E-state index contributed by atoms with van der Waals surface area (Å²) in [6.45, 7) is 12.4. The number of likely N-dealkylation sites (tertiary alicyclic amines) is 1. The number of aromatic nitrogens is 4. The molecule has 4 aliphatic heterocycles. The van der Waals surface area contributed by atoms with Crippen LogP contribution in [-0.2, 0) is 4.79 Å². The van der Waals surface area contributed by atoms with E-state index in [4.69, 9.17) is 14.7 Å². The van der Waals surface area contributed by atoms with Gasteiger partial charge in [-0.15, -0.1) is 0 Å². The van der Waals surface area contributed by atoms with Gasteiger partial charge in [0.25, 0.3) is 0 Å². The number of alkyl halides is 3. The van der Waals surface area contributed by atoms with Crippen molar-refractivity contribution < 1.29 is 22.7 Å². The first-order valence-electron chi connectivity index (χ1n) is 18.4. The largest absolute Gasteiger partial charge is 0.481 e.